The largest absolute Gasteiger partial charge is 0.373 e. The van der Waals surface area contributed by atoms with Gasteiger partial charge in [-0.15, -0.1) is 0 Å². The van der Waals surface area contributed by atoms with E-state index in [-0.39, 0.29) is 0 Å². The van der Waals surface area contributed by atoms with Gasteiger partial charge in [-0.2, -0.15) is 0 Å². The summed E-state index contributed by atoms with van der Waals surface area (Å²) in [5.41, 5.74) is 2.73. The van der Waals surface area contributed by atoms with E-state index in [0.29, 0.717) is 6.04 Å². The van der Waals surface area contributed by atoms with Crippen LogP contribution in [0.15, 0.2) is 48.7 Å². The molecule has 110 valence electrons. The van der Waals surface area contributed by atoms with Crippen molar-refractivity contribution in [3.05, 3.63) is 59.8 Å². The first kappa shape index (κ1) is 14.1. The summed E-state index contributed by atoms with van der Waals surface area (Å²) in [4.78, 5) is 7.07. The Morgan fingerprint density at radius 2 is 2.00 bits per heavy atom. The lowest BCUT2D eigenvalue weighted by atomic mass is 9.95. The summed E-state index contributed by atoms with van der Waals surface area (Å²) in [6, 6.07) is 15.5. The third kappa shape index (κ3) is 3.42. The fourth-order valence-electron chi connectivity index (χ4n) is 3.13. The van der Waals surface area contributed by atoms with Crippen molar-refractivity contribution < 1.29 is 0 Å². The van der Waals surface area contributed by atoms with Gasteiger partial charge in [0.15, 0.2) is 0 Å². The molecule has 2 aromatic rings. The van der Waals surface area contributed by atoms with Crippen molar-refractivity contribution in [3.63, 3.8) is 0 Å². The highest BCUT2D eigenvalue weighted by Gasteiger charge is 2.24. The highest BCUT2D eigenvalue weighted by atomic mass is 15.2. The Balaban J connectivity index is 1.77. The molecule has 21 heavy (non-hydrogen) atoms. The van der Waals surface area contributed by atoms with E-state index in [0.717, 1.165) is 12.4 Å². The van der Waals surface area contributed by atoms with Crippen LogP contribution in [0.5, 0.6) is 0 Å². The summed E-state index contributed by atoms with van der Waals surface area (Å²) >= 11 is 0. The predicted molar refractivity (Wildman–Crippen MR) is 87.2 cm³/mol. The molecular formula is C18H23N3. The zero-order valence-electron chi connectivity index (χ0n) is 12.6. The number of pyridine rings is 1. The maximum atomic E-state index is 4.48. The van der Waals surface area contributed by atoms with Crippen LogP contribution in [0, 0.1) is 0 Å². The molecule has 0 spiro atoms. The van der Waals surface area contributed by atoms with Gasteiger partial charge in [0.25, 0.3) is 0 Å². The van der Waals surface area contributed by atoms with E-state index < -0.39 is 0 Å². The van der Waals surface area contributed by atoms with Gasteiger partial charge in [-0.25, -0.2) is 4.98 Å². The molecule has 1 saturated heterocycles. The van der Waals surface area contributed by atoms with Gasteiger partial charge in [0.05, 0.1) is 0 Å². The Kier molecular flexibility index (Phi) is 4.51. The zero-order valence-corrected chi connectivity index (χ0v) is 12.6. The number of rotatable bonds is 4. The van der Waals surface area contributed by atoms with E-state index in [4.69, 9.17) is 0 Å². The van der Waals surface area contributed by atoms with Crippen LogP contribution >= 0.6 is 0 Å². The minimum absolute atomic E-state index is 0.498. The van der Waals surface area contributed by atoms with Crippen LogP contribution in [-0.2, 0) is 6.54 Å². The number of anilines is 1. The molecule has 1 aliphatic heterocycles. The molecule has 0 amide bonds. The monoisotopic (exact) mass is 281 g/mol. The van der Waals surface area contributed by atoms with Gasteiger partial charge in [0, 0.05) is 25.8 Å². The fraction of sp³-hybridized carbons (Fsp3) is 0.389. The van der Waals surface area contributed by atoms with E-state index >= 15 is 0 Å². The maximum absolute atomic E-state index is 4.48. The molecule has 1 atom stereocenters. The minimum Gasteiger partial charge on any atom is -0.373 e. The Bertz CT molecular complexity index is 550. The fourth-order valence-corrected chi connectivity index (χ4v) is 3.13. The second-order valence-electron chi connectivity index (χ2n) is 5.69. The molecule has 0 saturated carbocycles. The zero-order chi connectivity index (χ0) is 14.5. The van der Waals surface area contributed by atoms with Gasteiger partial charge in [0.2, 0.25) is 0 Å². The first-order chi connectivity index (χ1) is 10.4. The van der Waals surface area contributed by atoms with Crippen molar-refractivity contribution in [1.29, 1.82) is 0 Å². The Morgan fingerprint density at radius 3 is 2.71 bits per heavy atom. The quantitative estimate of drug-likeness (QED) is 0.922. The van der Waals surface area contributed by atoms with Crippen molar-refractivity contribution in [2.45, 2.75) is 31.8 Å². The van der Waals surface area contributed by atoms with Crippen molar-refractivity contribution in [1.82, 2.24) is 9.88 Å². The second-order valence-corrected chi connectivity index (χ2v) is 5.69. The summed E-state index contributed by atoms with van der Waals surface area (Å²) in [6.07, 6.45) is 5.86. The number of nitrogens with zero attached hydrogens (tertiary/aromatic N) is 2. The van der Waals surface area contributed by atoms with Crippen molar-refractivity contribution in [2.75, 3.05) is 18.9 Å². The van der Waals surface area contributed by atoms with E-state index in [1.807, 2.05) is 13.2 Å². The summed E-state index contributed by atoms with van der Waals surface area (Å²) in [6.45, 7) is 2.20. The summed E-state index contributed by atoms with van der Waals surface area (Å²) in [5.74, 6) is 0.934. The molecular weight excluding hydrogens is 258 g/mol. The van der Waals surface area contributed by atoms with Gasteiger partial charge < -0.3 is 5.32 Å². The van der Waals surface area contributed by atoms with Crippen LogP contribution < -0.4 is 5.32 Å². The first-order valence-electron chi connectivity index (χ1n) is 7.78. The minimum atomic E-state index is 0.498. The van der Waals surface area contributed by atoms with Crippen LogP contribution in [0.3, 0.4) is 0 Å². The number of likely N-dealkylation sites (tertiary alicyclic amines) is 1. The average molecular weight is 281 g/mol. The van der Waals surface area contributed by atoms with Crippen LogP contribution in [-0.4, -0.2) is 23.5 Å². The Labute approximate surface area is 127 Å². The predicted octanol–water partition coefficient (Wildman–Crippen LogP) is 3.85. The molecule has 0 aliphatic carbocycles. The number of aromatic nitrogens is 1. The summed E-state index contributed by atoms with van der Waals surface area (Å²) < 4.78 is 0. The highest BCUT2D eigenvalue weighted by Crippen LogP contribution is 2.32. The molecule has 3 nitrogen and oxygen atoms in total. The summed E-state index contributed by atoms with van der Waals surface area (Å²) in [7, 11) is 1.91. The highest BCUT2D eigenvalue weighted by molar-refractivity contribution is 5.35. The standard InChI is InChI=1S/C18H23N3/c1-19-18-11-10-16(13-20-18)17-9-5-6-12-21(17)14-15-7-3-2-4-8-15/h2-4,7-8,10-11,13,17H,5-6,9,12,14H2,1H3,(H,19,20)/t17-/m0/s1. The molecule has 0 unspecified atom stereocenters. The van der Waals surface area contributed by atoms with Crippen LogP contribution in [0.25, 0.3) is 0 Å². The normalized spacial score (nSPS) is 19.4. The smallest absolute Gasteiger partial charge is 0.125 e. The number of nitrogens with one attached hydrogen (secondary N) is 1. The third-order valence-corrected chi connectivity index (χ3v) is 4.27. The van der Waals surface area contributed by atoms with Gasteiger partial charge in [0.1, 0.15) is 5.82 Å². The molecule has 1 fully saturated rings. The van der Waals surface area contributed by atoms with Crippen LogP contribution in [0.2, 0.25) is 0 Å². The molecule has 3 rings (SSSR count). The number of benzene rings is 1. The molecule has 1 aromatic carbocycles. The van der Waals surface area contributed by atoms with Gasteiger partial charge >= 0.3 is 0 Å². The lowest BCUT2D eigenvalue weighted by Gasteiger charge is -2.36. The molecule has 0 radical (unpaired) electrons. The molecule has 1 aromatic heterocycles. The number of hydrogen-bond acceptors (Lipinski definition) is 3. The van der Waals surface area contributed by atoms with Gasteiger partial charge in [-0.3, -0.25) is 4.90 Å². The number of hydrogen-bond donors (Lipinski definition) is 1. The molecule has 1 aliphatic rings. The molecule has 1 N–H and O–H groups in total. The summed E-state index contributed by atoms with van der Waals surface area (Å²) in [5, 5.41) is 3.08. The van der Waals surface area contributed by atoms with Crippen molar-refractivity contribution in [3.8, 4) is 0 Å². The number of piperidine rings is 1. The SMILES string of the molecule is CNc1ccc([C@@H]2CCCCN2Cc2ccccc2)cn1. The van der Waals surface area contributed by atoms with Gasteiger partial charge in [-0.1, -0.05) is 42.8 Å². The maximum Gasteiger partial charge on any atom is 0.125 e. The van der Waals surface area contributed by atoms with Crippen molar-refractivity contribution in [2.24, 2.45) is 0 Å². The van der Waals surface area contributed by atoms with Crippen molar-refractivity contribution >= 4 is 5.82 Å². The van der Waals surface area contributed by atoms with E-state index in [1.165, 1.54) is 36.9 Å². The lowest BCUT2D eigenvalue weighted by Crippen LogP contribution is -2.33. The average Bonchev–Trinajstić information content (AvgIpc) is 2.56. The van der Waals surface area contributed by atoms with Crippen LogP contribution in [0.1, 0.15) is 36.4 Å². The van der Waals surface area contributed by atoms with E-state index in [9.17, 15) is 0 Å². The molecule has 3 heteroatoms. The Hall–Kier alpha value is -1.87. The molecule has 2 heterocycles. The van der Waals surface area contributed by atoms with Crippen LogP contribution in [0.4, 0.5) is 5.82 Å². The lowest BCUT2D eigenvalue weighted by molar-refractivity contribution is 0.140. The third-order valence-electron chi connectivity index (χ3n) is 4.27. The molecule has 0 bridgehead atoms. The van der Waals surface area contributed by atoms with E-state index in [2.05, 4.69) is 57.7 Å². The Morgan fingerprint density at radius 1 is 1.14 bits per heavy atom. The van der Waals surface area contributed by atoms with Gasteiger partial charge in [-0.05, 0) is 36.6 Å². The van der Waals surface area contributed by atoms with E-state index in [1.54, 1.807) is 0 Å². The second kappa shape index (κ2) is 6.72. The first-order valence-corrected chi connectivity index (χ1v) is 7.78. The topological polar surface area (TPSA) is 28.2 Å².